The van der Waals surface area contributed by atoms with Crippen LogP contribution in [0.4, 0.5) is 0 Å². The number of hydrogen-bond donors (Lipinski definition) is 1. The predicted molar refractivity (Wildman–Crippen MR) is 58.8 cm³/mol. The van der Waals surface area contributed by atoms with Crippen LogP contribution in [0.15, 0.2) is 6.20 Å². The Labute approximate surface area is 94.9 Å². The van der Waals surface area contributed by atoms with Gasteiger partial charge in [0.05, 0.1) is 12.1 Å². The van der Waals surface area contributed by atoms with Gasteiger partial charge < -0.3 is 5.11 Å². The van der Waals surface area contributed by atoms with E-state index in [1.807, 2.05) is 27.1 Å². The summed E-state index contributed by atoms with van der Waals surface area (Å²) in [5.74, 6) is -0.773. The van der Waals surface area contributed by atoms with E-state index < -0.39 is 5.97 Å². The van der Waals surface area contributed by atoms with E-state index in [0.29, 0.717) is 6.54 Å². The number of hydrogen-bond acceptors (Lipinski definition) is 4. The molecule has 0 saturated carbocycles. The molecule has 0 radical (unpaired) electrons. The van der Waals surface area contributed by atoms with Gasteiger partial charge in [0.15, 0.2) is 0 Å². The van der Waals surface area contributed by atoms with Crippen LogP contribution in [0.25, 0.3) is 0 Å². The van der Waals surface area contributed by atoms with Crippen LogP contribution in [-0.4, -0.2) is 43.6 Å². The fourth-order valence-corrected chi connectivity index (χ4v) is 1.64. The molecule has 1 rings (SSSR count). The molecule has 6 nitrogen and oxygen atoms in total. The summed E-state index contributed by atoms with van der Waals surface area (Å²) in [5.41, 5.74) is 0.863. The van der Waals surface area contributed by atoms with Crippen molar-refractivity contribution >= 4 is 5.97 Å². The van der Waals surface area contributed by atoms with Crippen LogP contribution >= 0.6 is 0 Å². The minimum atomic E-state index is -0.773. The number of carboxylic acids is 1. The zero-order valence-electron chi connectivity index (χ0n) is 9.92. The molecule has 0 fully saturated rings. The Hall–Kier alpha value is -1.43. The Morgan fingerprint density at radius 1 is 1.69 bits per heavy atom. The lowest BCUT2D eigenvalue weighted by Gasteiger charge is -2.25. The van der Waals surface area contributed by atoms with Gasteiger partial charge in [-0.1, -0.05) is 12.1 Å². The second-order valence-electron chi connectivity index (χ2n) is 3.89. The molecule has 0 aromatic carbocycles. The van der Waals surface area contributed by atoms with Gasteiger partial charge in [0, 0.05) is 25.8 Å². The van der Waals surface area contributed by atoms with Crippen LogP contribution in [0.3, 0.4) is 0 Å². The van der Waals surface area contributed by atoms with E-state index in [-0.39, 0.29) is 12.5 Å². The average molecular weight is 226 g/mol. The SMILES string of the molecule is CCN(Cc1cn(C)nn1)C(C)CC(=O)O. The van der Waals surface area contributed by atoms with Crippen molar-refractivity contribution in [1.29, 1.82) is 0 Å². The molecule has 0 aliphatic rings. The van der Waals surface area contributed by atoms with Gasteiger partial charge in [-0.25, -0.2) is 0 Å². The van der Waals surface area contributed by atoms with Crippen LogP contribution in [0.5, 0.6) is 0 Å². The lowest BCUT2D eigenvalue weighted by Crippen LogP contribution is -2.34. The summed E-state index contributed by atoms with van der Waals surface area (Å²) in [6.45, 7) is 5.35. The molecular formula is C10H18N4O2. The summed E-state index contributed by atoms with van der Waals surface area (Å²) in [6.07, 6.45) is 1.99. The van der Waals surface area contributed by atoms with E-state index in [0.717, 1.165) is 12.2 Å². The maximum atomic E-state index is 10.6. The van der Waals surface area contributed by atoms with Gasteiger partial charge in [-0.15, -0.1) is 5.10 Å². The quantitative estimate of drug-likeness (QED) is 0.764. The van der Waals surface area contributed by atoms with Crippen molar-refractivity contribution in [2.45, 2.75) is 32.9 Å². The van der Waals surface area contributed by atoms with Gasteiger partial charge in [0.2, 0.25) is 0 Å². The van der Waals surface area contributed by atoms with Crippen molar-refractivity contribution in [1.82, 2.24) is 19.9 Å². The first kappa shape index (κ1) is 12.6. The highest BCUT2D eigenvalue weighted by Crippen LogP contribution is 2.08. The third-order valence-electron chi connectivity index (χ3n) is 2.51. The molecule has 16 heavy (non-hydrogen) atoms. The molecular weight excluding hydrogens is 208 g/mol. The van der Waals surface area contributed by atoms with Gasteiger partial charge in [0.25, 0.3) is 0 Å². The third kappa shape index (κ3) is 3.62. The van der Waals surface area contributed by atoms with Crippen molar-refractivity contribution in [3.63, 3.8) is 0 Å². The number of carbonyl (C=O) groups is 1. The van der Waals surface area contributed by atoms with E-state index in [4.69, 9.17) is 5.11 Å². The summed E-state index contributed by atoms with van der Waals surface area (Å²) in [5, 5.41) is 16.6. The number of carboxylic acid groups (broad SMARTS) is 1. The summed E-state index contributed by atoms with van der Waals surface area (Å²) >= 11 is 0. The molecule has 0 bridgehead atoms. The van der Waals surface area contributed by atoms with Crippen LogP contribution < -0.4 is 0 Å². The predicted octanol–water partition coefficient (Wildman–Crippen LogP) is 0.500. The largest absolute Gasteiger partial charge is 0.481 e. The topological polar surface area (TPSA) is 71.2 Å². The van der Waals surface area contributed by atoms with Gasteiger partial charge in [0.1, 0.15) is 0 Å². The summed E-state index contributed by atoms with van der Waals surface area (Å²) in [6, 6.07) is 0.00417. The number of aryl methyl sites for hydroxylation is 1. The van der Waals surface area contributed by atoms with Crippen LogP contribution in [0, 0.1) is 0 Å². The Bertz CT molecular complexity index is 350. The number of nitrogens with zero attached hydrogens (tertiary/aromatic N) is 4. The molecule has 1 unspecified atom stereocenters. The van der Waals surface area contributed by atoms with E-state index in [9.17, 15) is 4.79 Å². The minimum Gasteiger partial charge on any atom is -0.481 e. The average Bonchev–Trinajstić information content (AvgIpc) is 2.59. The molecule has 0 spiro atoms. The third-order valence-corrected chi connectivity index (χ3v) is 2.51. The molecule has 1 heterocycles. The fourth-order valence-electron chi connectivity index (χ4n) is 1.64. The Balaban J connectivity index is 2.57. The number of rotatable bonds is 6. The standard InChI is InChI=1S/C10H18N4O2/c1-4-14(8(2)5-10(15)16)7-9-6-13(3)12-11-9/h6,8H,4-5,7H2,1-3H3,(H,15,16). The Kier molecular flexibility index (Phi) is 4.42. The molecule has 1 N–H and O–H groups in total. The van der Waals surface area contributed by atoms with E-state index >= 15 is 0 Å². The molecule has 0 saturated heterocycles. The molecule has 1 aromatic rings. The molecule has 1 aromatic heterocycles. The van der Waals surface area contributed by atoms with Crippen molar-refractivity contribution in [2.75, 3.05) is 6.54 Å². The number of aromatic nitrogens is 3. The van der Waals surface area contributed by atoms with Gasteiger partial charge in [-0.2, -0.15) is 0 Å². The van der Waals surface area contributed by atoms with Crippen molar-refractivity contribution < 1.29 is 9.90 Å². The second kappa shape index (κ2) is 5.60. The summed E-state index contributed by atoms with van der Waals surface area (Å²) in [7, 11) is 1.81. The lowest BCUT2D eigenvalue weighted by atomic mass is 10.2. The molecule has 6 heteroatoms. The van der Waals surface area contributed by atoms with E-state index in [1.165, 1.54) is 0 Å². The van der Waals surface area contributed by atoms with Crippen LogP contribution in [0.2, 0.25) is 0 Å². The number of aliphatic carboxylic acids is 1. The van der Waals surface area contributed by atoms with E-state index in [2.05, 4.69) is 15.2 Å². The first-order chi connectivity index (χ1) is 7.52. The fraction of sp³-hybridized carbons (Fsp3) is 0.700. The van der Waals surface area contributed by atoms with Crippen molar-refractivity contribution in [3.05, 3.63) is 11.9 Å². The lowest BCUT2D eigenvalue weighted by molar-refractivity contribution is -0.138. The zero-order chi connectivity index (χ0) is 12.1. The minimum absolute atomic E-state index is 0.00417. The first-order valence-corrected chi connectivity index (χ1v) is 5.34. The van der Waals surface area contributed by atoms with Crippen molar-refractivity contribution in [2.24, 2.45) is 7.05 Å². The van der Waals surface area contributed by atoms with Gasteiger partial charge in [-0.05, 0) is 13.5 Å². The normalized spacial score (nSPS) is 13.0. The van der Waals surface area contributed by atoms with E-state index in [1.54, 1.807) is 4.68 Å². The highest BCUT2D eigenvalue weighted by atomic mass is 16.4. The molecule has 0 aliphatic carbocycles. The molecule has 90 valence electrons. The van der Waals surface area contributed by atoms with Crippen molar-refractivity contribution in [3.8, 4) is 0 Å². The monoisotopic (exact) mass is 226 g/mol. The van der Waals surface area contributed by atoms with Crippen LogP contribution in [0.1, 0.15) is 26.0 Å². The summed E-state index contributed by atoms with van der Waals surface area (Å²) in [4.78, 5) is 12.7. The summed E-state index contributed by atoms with van der Waals surface area (Å²) < 4.78 is 1.64. The smallest absolute Gasteiger partial charge is 0.304 e. The maximum Gasteiger partial charge on any atom is 0.304 e. The Morgan fingerprint density at radius 2 is 2.38 bits per heavy atom. The first-order valence-electron chi connectivity index (χ1n) is 5.34. The van der Waals surface area contributed by atoms with Gasteiger partial charge >= 0.3 is 5.97 Å². The van der Waals surface area contributed by atoms with Crippen LogP contribution in [-0.2, 0) is 18.4 Å². The maximum absolute atomic E-state index is 10.6. The zero-order valence-corrected chi connectivity index (χ0v) is 9.92. The molecule has 1 atom stereocenters. The highest BCUT2D eigenvalue weighted by molar-refractivity contribution is 5.67. The molecule has 0 aliphatic heterocycles. The highest BCUT2D eigenvalue weighted by Gasteiger charge is 2.16. The Morgan fingerprint density at radius 3 is 2.81 bits per heavy atom. The van der Waals surface area contributed by atoms with Gasteiger partial charge in [-0.3, -0.25) is 14.4 Å². The second-order valence-corrected chi connectivity index (χ2v) is 3.89. The molecule has 0 amide bonds.